The third-order valence-corrected chi connectivity index (χ3v) is 5.41. The van der Waals surface area contributed by atoms with E-state index in [-0.39, 0.29) is 35.8 Å². The van der Waals surface area contributed by atoms with E-state index in [0.717, 1.165) is 6.20 Å². The first-order valence-corrected chi connectivity index (χ1v) is 8.85. The van der Waals surface area contributed by atoms with Crippen LogP contribution in [0.1, 0.15) is 44.4 Å². The van der Waals surface area contributed by atoms with Gasteiger partial charge in [-0.15, -0.1) is 0 Å². The maximum absolute atomic E-state index is 13.0. The zero-order valence-corrected chi connectivity index (χ0v) is 14.5. The number of amides is 2. The summed E-state index contributed by atoms with van der Waals surface area (Å²) in [4.78, 5) is 29.9. The van der Waals surface area contributed by atoms with Crippen molar-refractivity contribution in [3.63, 3.8) is 0 Å². The molecule has 3 aromatic rings. The summed E-state index contributed by atoms with van der Waals surface area (Å²) in [6.07, 6.45) is -2.81. The summed E-state index contributed by atoms with van der Waals surface area (Å²) in [5.41, 5.74) is 0.809. The molecular formula is C20H14F3N3O2. The lowest BCUT2D eigenvalue weighted by Gasteiger charge is -2.13. The van der Waals surface area contributed by atoms with Gasteiger partial charge in [0.15, 0.2) is 5.69 Å². The summed E-state index contributed by atoms with van der Waals surface area (Å²) >= 11 is 0. The van der Waals surface area contributed by atoms with Crippen LogP contribution in [0, 0.1) is 5.92 Å². The van der Waals surface area contributed by atoms with Crippen molar-refractivity contribution in [2.75, 3.05) is 6.54 Å². The van der Waals surface area contributed by atoms with Gasteiger partial charge in [0, 0.05) is 24.4 Å². The van der Waals surface area contributed by atoms with Gasteiger partial charge in [0.2, 0.25) is 0 Å². The van der Waals surface area contributed by atoms with Crippen LogP contribution in [0.3, 0.4) is 0 Å². The van der Waals surface area contributed by atoms with E-state index in [0.29, 0.717) is 23.2 Å². The van der Waals surface area contributed by atoms with E-state index in [2.05, 4.69) is 4.98 Å². The number of imide groups is 1. The molecule has 1 fully saturated rings. The molecule has 0 saturated heterocycles. The number of alkyl halides is 3. The molecule has 0 N–H and O–H groups in total. The number of carbonyl (C=O) groups is 2. The zero-order chi connectivity index (χ0) is 19.6. The number of pyridine rings is 1. The Morgan fingerprint density at radius 2 is 1.68 bits per heavy atom. The molecule has 2 amide bonds. The largest absolute Gasteiger partial charge is 0.434 e. The Labute approximate surface area is 157 Å². The van der Waals surface area contributed by atoms with Crippen LogP contribution in [0.25, 0.3) is 5.65 Å². The number of aromatic nitrogens is 2. The summed E-state index contributed by atoms with van der Waals surface area (Å²) < 4.78 is 40.4. The Morgan fingerprint density at radius 3 is 2.32 bits per heavy atom. The molecule has 0 spiro atoms. The van der Waals surface area contributed by atoms with E-state index in [4.69, 9.17) is 0 Å². The molecule has 28 heavy (non-hydrogen) atoms. The second-order valence-electron chi connectivity index (χ2n) is 7.17. The van der Waals surface area contributed by atoms with Crippen molar-refractivity contribution in [3.05, 3.63) is 71.2 Å². The van der Waals surface area contributed by atoms with Crippen LogP contribution in [0.4, 0.5) is 13.2 Å². The fraction of sp³-hybridized carbons (Fsp3) is 0.250. The number of carbonyl (C=O) groups excluding carboxylic acids is 2. The molecule has 2 aliphatic rings. The fourth-order valence-corrected chi connectivity index (χ4v) is 3.92. The number of nitrogens with zero attached hydrogens (tertiary/aromatic N) is 3. The number of hydrogen-bond donors (Lipinski definition) is 0. The van der Waals surface area contributed by atoms with Crippen LogP contribution < -0.4 is 0 Å². The van der Waals surface area contributed by atoms with E-state index in [1.807, 2.05) is 0 Å². The molecule has 1 aliphatic heterocycles. The van der Waals surface area contributed by atoms with Crippen LogP contribution >= 0.6 is 0 Å². The van der Waals surface area contributed by atoms with Gasteiger partial charge >= 0.3 is 6.18 Å². The molecule has 5 nitrogen and oxygen atoms in total. The monoisotopic (exact) mass is 385 g/mol. The smallest absolute Gasteiger partial charge is 0.303 e. The molecule has 2 atom stereocenters. The van der Waals surface area contributed by atoms with Crippen molar-refractivity contribution >= 4 is 17.5 Å². The highest BCUT2D eigenvalue weighted by molar-refractivity contribution is 6.21. The highest BCUT2D eigenvalue weighted by Crippen LogP contribution is 2.48. The Morgan fingerprint density at radius 1 is 1.00 bits per heavy atom. The number of hydrogen-bond acceptors (Lipinski definition) is 3. The number of benzene rings is 1. The summed E-state index contributed by atoms with van der Waals surface area (Å²) in [5, 5.41) is 0. The third-order valence-electron chi connectivity index (χ3n) is 5.41. The standard InChI is InChI=1S/C20H14F3N3O2/c21-20(22,23)16-10-25-15(6-3-7-17(25)24-16)14-8-11(14)9-26-18(27)12-4-1-2-5-13(12)19(26)28/h1-7,10-11,14H,8-9H2. The van der Waals surface area contributed by atoms with Gasteiger partial charge in [-0.1, -0.05) is 18.2 Å². The van der Waals surface area contributed by atoms with Crippen LogP contribution in [-0.4, -0.2) is 32.6 Å². The Hall–Kier alpha value is -3.16. The molecule has 1 aromatic carbocycles. The number of fused-ring (bicyclic) bond motifs is 2. The second kappa shape index (κ2) is 5.67. The van der Waals surface area contributed by atoms with Crippen molar-refractivity contribution in [2.24, 2.45) is 5.92 Å². The van der Waals surface area contributed by atoms with Crippen molar-refractivity contribution < 1.29 is 22.8 Å². The molecule has 2 unspecified atom stereocenters. The van der Waals surface area contributed by atoms with E-state index >= 15 is 0 Å². The van der Waals surface area contributed by atoms with Crippen LogP contribution in [-0.2, 0) is 6.18 Å². The molecular weight excluding hydrogens is 371 g/mol. The predicted octanol–water partition coefficient (Wildman–Crippen LogP) is 3.75. The van der Waals surface area contributed by atoms with Crippen molar-refractivity contribution in [2.45, 2.75) is 18.5 Å². The Balaban J connectivity index is 1.39. The van der Waals surface area contributed by atoms with Gasteiger partial charge in [-0.25, -0.2) is 4.98 Å². The van der Waals surface area contributed by atoms with Crippen molar-refractivity contribution in [3.8, 4) is 0 Å². The number of imidazole rings is 1. The van der Waals surface area contributed by atoms with Gasteiger partial charge in [-0.2, -0.15) is 13.2 Å². The lowest BCUT2D eigenvalue weighted by Crippen LogP contribution is -2.32. The van der Waals surface area contributed by atoms with Gasteiger partial charge in [0.1, 0.15) is 5.65 Å². The quantitative estimate of drug-likeness (QED) is 0.646. The zero-order valence-electron chi connectivity index (χ0n) is 14.5. The van der Waals surface area contributed by atoms with Crippen LogP contribution in [0.5, 0.6) is 0 Å². The summed E-state index contributed by atoms with van der Waals surface area (Å²) in [6.45, 7) is 0.258. The molecule has 5 rings (SSSR count). The van der Waals surface area contributed by atoms with Gasteiger partial charge in [-0.3, -0.25) is 14.5 Å². The maximum Gasteiger partial charge on any atom is 0.434 e. The lowest BCUT2D eigenvalue weighted by atomic mass is 10.1. The molecule has 2 aromatic heterocycles. The first-order valence-electron chi connectivity index (χ1n) is 8.85. The summed E-state index contributed by atoms with van der Waals surface area (Å²) in [6, 6.07) is 11.7. The molecule has 1 aliphatic carbocycles. The van der Waals surface area contributed by atoms with Gasteiger partial charge in [-0.05, 0) is 36.6 Å². The maximum atomic E-state index is 13.0. The molecule has 8 heteroatoms. The normalized spacial score (nSPS) is 21.5. The van der Waals surface area contributed by atoms with E-state index in [1.54, 1.807) is 36.4 Å². The number of rotatable bonds is 3. The van der Waals surface area contributed by atoms with Crippen molar-refractivity contribution in [1.82, 2.24) is 14.3 Å². The predicted molar refractivity (Wildman–Crippen MR) is 92.9 cm³/mol. The minimum atomic E-state index is -4.51. The summed E-state index contributed by atoms with van der Waals surface area (Å²) in [5.74, 6) is -0.634. The number of halogens is 3. The Bertz CT molecular complexity index is 1100. The Kier molecular flexibility index (Phi) is 3.44. The average Bonchev–Trinajstić information content (AvgIpc) is 3.20. The van der Waals surface area contributed by atoms with E-state index in [9.17, 15) is 22.8 Å². The minimum Gasteiger partial charge on any atom is -0.303 e. The van der Waals surface area contributed by atoms with Crippen LogP contribution in [0.2, 0.25) is 0 Å². The van der Waals surface area contributed by atoms with E-state index < -0.39 is 11.9 Å². The third kappa shape index (κ3) is 2.51. The van der Waals surface area contributed by atoms with Gasteiger partial charge < -0.3 is 4.40 Å². The first-order chi connectivity index (χ1) is 13.3. The highest BCUT2D eigenvalue weighted by atomic mass is 19.4. The molecule has 0 bridgehead atoms. The topological polar surface area (TPSA) is 54.7 Å². The second-order valence-corrected chi connectivity index (χ2v) is 7.17. The van der Waals surface area contributed by atoms with Gasteiger partial charge in [0.25, 0.3) is 11.8 Å². The molecule has 142 valence electrons. The fourth-order valence-electron chi connectivity index (χ4n) is 3.92. The lowest BCUT2D eigenvalue weighted by molar-refractivity contribution is -0.140. The van der Waals surface area contributed by atoms with E-state index in [1.165, 1.54) is 15.4 Å². The molecule has 0 radical (unpaired) electrons. The SMILES string of the molecule is O=C1c2ccccc2C(=O)N1CC1CC1c1cccc2nc(C(F)(F)F)cn12. The summed E-state index contributed by atoms with van der Waals surface area (Å²) in [7, 11) is 0. The highest BCUT2D eigenvalue weighted by Gasteiger charge is 2.45. The molecule has 1 saturated carbocycles. The molecule has 3 heterocycles. The van der Waals surface area contributed by atoms with Gasteiger partial charge in [0.05, 0.1) is 11.1 Å². The minimum absolute atomic E-state index is 0.0181. The average molecular weight is 385 g/mol. The first kappa shape index (κ1) is 17.0. The van der Waals surface area contributed by atoms with Crippen molar-refractivity contribution in [1.29, 1.82) is 0 Å². The van der Waals surface area contributed by atoms with Crippen LogP contribution in [0.15, 0.2) is 48.7 Å².